The van der Waals surface area contributed by atoms with E-state index < -0.39 is 0 Å². The zero-order valence-electron chi connectivity index (χ0n) is 6.96. The Morgan fingerprint density at radius 1 is 1.73 bits per heavy atom. The maximum absolute atomic E-state index is 10.9. The molecule has 0 aromatic heterocycles. The molecule has 0 aliphatic heterocycles. The first-order valence-corrected chi connectivity index (χ1v) is 3.76. The molecule has 0 aliphatic carbocycles. The largest absolute Gasteiger partial charge is 0.466 e. The predicted molar refractivity (Wildman–Crippen MR) is 40.6 cm³/mol. The highest BCUT2D eigenvalue weighted by atomic mass is 16.5. The monoisotopic (exact) mass is 155 g/mol. The van der Waals surface area contributed by atoms with Gasteiger partial charge >= 0.3 is 5.97 Å². The smallest absolute Gasteiger partial charge is 0.308 e. The van der Waals surface area contributed by atoms with Crippen LogP contribution in [-0.2, 0) is 9.53 Å². The third-order valence-electron chi connectivity index (χ3n) is 1.38. The van der Waals surface area contributed by atoms with Gasteiger partial charge in [0.2, 0.25) is 0 Å². The van der Waals surface area contributed by atoms with Gasteiger partial charge in [0.25, 0.3) is 0 Å². The minimum atomic E-state index is -0.206. The van der Waals surface area contributed by atoms with Gasteiger partial charge in [-0.2, -0.15) is 5.26 Å². The molecule has 0 spiro atoms. The van der Waals surface area contributed by atoms with E-state index in [1.54, 1.807) is 13.8 Å². The maximum Gasteiger partial charge on any atom is 0.308 e. The van der Waals surface area contributed by atoms with Crippen molar-refractivity contribution in [1.29, 1.82) is 5.26 Å². The average molecular weight is 155 g/mol. The first-order valence-electron chi connectivity index (χ1n) is 3.76. The standard InChI is InChI=1S/C8H13NO2/c1-3-11-8(10)7(2)5-4-6-9/h7H,3-5H2,1-2H3. The second-order valence-corrected chi connectivity index (χ2v) is 2.35. The van der Waals surface area contributed by atoms with Crippen molar-refractivity contribution in [2.45, 2.75) is 26.7 Å². The summed E-state index contributed by atoms with van der Waals surface area (Å²) in [6, 6.07) is 1.99. The first kappa shape index (κ1) is 9.96. The van der Waals surface area contributed by atoms with E-state index in [4.69, 9.17) is 10.00 Å². The van der Waals surface area contributed by atoms with E-state index in [1.165, 1.54) is 0 Å². The Morgan fingerprint density at radius 3 is 2.82 bits per heavy atom. The lowest BCUT2D eigenvalue weighted by molar-refractivity contribution is -0.147. The number of rotatable bonds is 4. The summed E-state index contributed by atoms with van der Waals surface area (Å²) in [5, 5.41) is 8.22. The van der Waals surface area contributed by atoms with E-state index in [0.29, 0.717) is 19.4 Å². The highest BCUT2D eigenvalue weighted by Gasteiger charge is 2.12. The summed E-state index contributed by atoms with van der Waals surface area (Å²) in [6.45, 7) is 3.96. The van der Waals surface area contributed by atoms with Gasteiger partial charge in [-0.3, -0.25) is 4.79 Å². The molecule has 0 N–H and O–H groups in total. The molecule has 0 aromatic rings. The number of nitriles is 1. The number of carbonyl (C=O) groups is 1. The van der Waals surface area contributed by atoms with Crippen LogP contribution < -0.4 is 0 Å². The van der Waals surface area contributed by atoms with Crippen molar-refractivity contribution in [2.24, 2.45) is 5.92 Å². The lowest BCUT2D eigenvalue weighted by Crippen LogP contribution is -2.14. The SMILES string of the molecule is CCOC(=O)C(C)CCC#N. The average Bonchev–Trinajstić information content (AvgIpc) is 2.00. The Kier molecular flexibility index (Phi) is 5.18. The van der Waals surface area contributed by atoms with E-state index in [-0.39, 0.29) is 11.9 Å². The molecule has 1 unspecified atom stereocenters. The van der Waals surface area contributed by atoms with Gasteiger partial charge in [0.1, 0.15) is 0 Å². The Hall–Kier alpha value is -1.04. The van der Waals surface area contributed by atoms with Crippen molar-refractivity contribution in [3.05, 3.63) is 0 Å². The van der Waals surface area contributed by atoms with Crippen LogP contribution >= 0.6 is 0 Å². The van der Waals surface area contributed by atoms with Gasteiger partial charge in [-0.1, -0.05) is 6.92 Å². The van der Waals surface area contributed by atoms with E-state index in [9.17, 15) is 4.79 Å². The summed E-state index contributed by atoms with van der Waals surface area (Å²) in [5.74, 6) is -0.350. The second-order valence-electron chi connectivity index (χ2n) is 2.35. The van der Waals surface area contributed by atoms with Crippen molar-refractivity contribution < 1.29 is 9.53 Å². The van der Waals surface area contributed by atoms with Crippen LogP contribution in [0.1, 0.15) is 26.7 Å². The summed E-state index contributed by atoms with van der Waals surface area (Å²) in [4.78, 5) is 10.9. The number of nitrogens with zero attached hydrogens (tertiary/aromatic N) is 1. The Bertz CT molecular complexity index is 160. The van der Waals surface area contributed by atoms with Gasteiger partial charge < -0.3 is 4.74 Å². The molecule has 62 valence electrons. The van der Waals surface area contributed by atoms with Crippen LogP contribution in [-0.4, -0.2) is 12.6 Å². The lowest BCUT2D eigenvalue weighted by atomic mass is 10.1. The molecule has 0 heterocycles. The van der Waals surface area contributed by atoms with E-state index in [2.05, 4.69) is 0 Å². The van der Waals surface area contributed by atoms with E-state index >= 15 is 0 Å². The Labute approximate surface area is 67.0 Å². The van der Waals surface area contributed by atoms with Gasteiger partial charge in [0.15, 0.2) is 0 Å². The fourth-order valence-corrected chi connectivity index (χ4v) is 0.683. The Balaban J connectivity index is 3.57. The van der Waals surface area contributed by atoms with Gasteiger partial charge in [0.05, 0.1) is 18.6 Å². The Morgan fingerprint density at radius 2 is 2.36 bits per heavy atom. The fraction of sp³-hybridized carbons (Fsp3) is 0.750. The molecule has 11 heavy (non-hydrogen) atoms. The normalized spacial score (nSPS) is 11.7. The summed E-state index contributed by atoms with van der Waals surface area (Å²) < 4.78 is 4.75. The number of ether oxygens (including phenoxy) is 1. The lowest BCUT2D eigenvalue weighted by Gasteiger charge is -2.06. The van der Waals surface area contributed by atoms with Gasteiger partial charge in [-0.15, -0.1) is 0 Å². The van der Waals surface area contributed by atoms with Gasteiger partial charge in [-0.05, 0) is 13.3 Å². The van der Waals surface area contributed by atoms with Gasteiger partial charge in [0, 0.05) is 6.42 Å². The molecule has 3 nitrogen and oxygen atoms in total. The summed E-state index contributed by atoms with van der Waals surface area (Å²) in [6.07, 6.45) is 1.01. The van der Waals surface area contributed by atoms with E-state index in [1.807, 2.05) is 6.07 Å². The molecule has 0 saturated heterocycles. The van der Waals surface area contributed by atoms with Crippen LogP contribution in [0.2, 0.25) is 0 Å². The molecule has 0 amide bonds. The zero-order chi connectivity index (χ0) is 8.69. The molecule has 1 atom stereocenters. The van der Waals surface area contributed by atoms with Crippen molar-refractivity contribution in [3.63, 3.8) is 0 Å². The number of hydrogen-bond acceptors (Lipinski definition) is 3. The minimum Gasteiger partial charge on any atom is -0.466 e. The van der Waals surface area contributed by atoms with Crippen LogP contribution in [0.3, 0.4) is 0 Å². The van der Waals surface area contributed by atoms with Crippen LogP contribution in [0.5, 0.6) is 0 Å². The van der Waals surface area contributed by atoms with Crippen molar-refractivity contribution in [1.82, 2.24) is 0 Å². The summed E-state index contributed by atoms with van der Waals surface area (Å²) >= 11 is 0. The van der Waals surface area contributed by atoms with Crippen molar-refractivity contribution in [3.8, 4) is 6.07 Å². The molecular weight excluding hydrogens is 142 g/mol. The van der Waals surface area contributed by atoms with Crippen LogP contribution in [0, 0.1) is 17.2 Å². The maximum atomic E-state index is 10.9. The zero-order valence-corrected chi connectivity index (χ0v) is 6.96. The van der Waals surface area contributed by atoms with Gasteiger partial charge in [-0.25, -0.2) is 0 Å². The van der Waals surface area contributed by atoms with Crippen molar-refractivity contribution in [2.75, 3.05) is 6.61 Å². The topological polar surface area (TPSA) is 50.1 Å². The molecule has 0 fully saturated rings. The molecule has 0 radical (unpaired) electrons. The number of carbonyl (C=O) groups excluding carboxylic acids is 1. The fourth-order valence-electron chi connectivity index (χ4n) is 0.683. The number of hydrogen-bond donors (Lipinski definition) is 0. The van der Waals surface area contributed by atoms with Crippen molar-refractivity contribution >= 4 is 5.97 Å². The molecule has 0 bridgehead atoms. The highest BCUT2D eigenvalue weighted by molar-refractivity contribution is 5.71. The highest BCUT2D eigenvalue weighted by Crippen LogP contribution is 2.06. The van der Waals surface area contributed by atoms with E-state index in [0.717, 1.165) is 0 Å². The molecule has 0 saturated carbocycles. The number of esters is 1. The second kappa shape index (κ2) is 5.72. The van der Waals surface area contributed by atoms with Crippen LogP contribution in [0.25, 0.3) is 0 Å². The predicted octanol–water partition coefficient (Wildman–Crippen LogP) is 1.49. The van der Waals surface area contributed by atoms with Crippen LogP contribution in [0.15, 0.2) is 0 Å². The first-order chi connectivity index (χ1) is 5.22. The quantitative estimate of drug-likeness (QED) is 0.578. The molecule has 3 heteroatoms. The third-order valence-corrected chi connectivity index (χ3v) is 1.38. The molecule has 0 aromatic carbocycles. The summed E-state index contributed by atoms with van der Waals surface area (Å²) in [7, 11) is 0. The van der Waals surface area contributed by atoms with Crippen LogP contribution in [0.4, 0.5) is 0 Å². The minimum absolute atomic E-state index is 0.144. The molecule has 0 rings (SSSR count). The molecular formula is C8H13NO2. The summed E-state index contributed by atoms with van der Waals surface area (Å²) in [5.41, 5.74) is 0. The molecule has 0 aliphatic rings. The third kappa shape index (κ3) is 4.38.